The number of methoxy groups -OCH3 is 2. The largest absolute Gasteiger partial charge is 0.466 e. The Morgan fingerprint density at radius 1 is 1.14 bits per heavy atom. The van der Waals surface area contributed by atoms with Gasteiger partial charge in [0.25, 0.3) is 0 Å². The molecule has 1 saturated heterocycles. The molecule has 2 fully saturated rings. The summed E-state index contributed by atoms with van der Waals surface area (Å²) < 4.78 is 22.1. The van der Waals surface area contributed by atoms with Gasteiger partial charge in [-0.2, -0.15) is 0 Å². The van der Waals surface area contributed by atoms with Crippen molar-refractivity contribution in [2.24, 2.45) is 28.6 Å². The monoisotopic (exact) mass is 615 g/mol. The van der Waals surface area contributed by atoms with E-state index in [1.165, 1.54) is 21.1 Å². The third kappa shape index (κ3) is 5.31. The van der Waals surface area contributed by atoms with Crippen LogP contribution in [0.3, 0.4) is 0 Å². The number of carbonyl (C=O) groups excluding carboxylic acids is 5. The number of rotatable bonds is 8. The lowest BCUT2D eigenvalue weighted by atomic mass is 9.51. The first-order valence-electron chi connectivity index (χ1n) is 15.1. The zero-order chi connectivity index (χ0) is 32.9. The molecule has 0 aromatic rings. The maximum absolute atomic E-state index is 14.3. The molecule has 1 saturated carbocycles. The van der Waals surface area contributed by atoms with Crippen LogP contribution in [0, 0.1) is 28.6 Å². The van der Waals surface area contributed by atoms with Gasteiger partial charge < -0.3 is 29.0 Å². The van der Waals surface area contributed by atoms with Crippen LogP contribution < -0.4 is 0 Å². The summed E-state index contributed by atoms with van der Waals surface area (Å²) in [6.07, 6.45) is 1.33. The predicted molar refractivity (Wildman–Crippen MR) is 158 cm³/mol. The predicted octanol–water partition coefficient (Wildman–Crippen LogP) is 2.70. The second-order valence-electron chi connectivity index (χ2n) is 13.4. The number of hydrogen-bond acceptors (Lipinski definition) is 11. The van der Waals surface area contributed by atoms with Crippen LogP contribution in [0.15, 0.2) is 34.1 Å². The van der Waals surface area contributed by atoms with E-state index in [2.05, 4.69) is 0 Å². The van der Waals surface area contributed by atoms with Gasteiger partial charge in [-0.15, -0.1) is 0 Å². The quantitative estimate of drug-likeness (QED) is 0.186. The molecule has 3 aliphatic carbocycles. The Bertz CT molecular complexity index is 1360. The summed E-state index contributed by atoms with van der Waals surface area (Å²) in [6, 6.07) is -0.430. The van der Waals surface area contributed by atoms with Crippen LogP contribution in [0.25, 0.3) is 0 Å². The fourth-order valence-corrected chi connectivity index (χ4v) is 8.03. The van der Waals surface area contributed by atoms with Crippen LogP contribution in [0.1, 0.15) is 60.8 Å². The lowest BCUT2D eigenvalue weighted by Gasteiger charge is -2.54. The molecule has 7 unspecified atom stereocenters. The van der Waals surface area contributed by atoms with Gasteiger partial charge in [-0.05, 0) is 43.6 Å². The second kappa shape index (κ2) is 12.2. The van der Waals surface area contributed by atoms with Gasteiger partial charge in [0.2, 0.25) is 11.6 Å². The zero-order valence-electron chi connectivity index (χ0n) is 27.1. The number of Topliss-reactive ketones (excluding diaryl/α,β-unsaturated/α-hetero) is 2. The summed E-state index contributed by atoms with van der Waals surface area (Å²) in [5, 5.41) is 11.0. The molecule has 1 heterocycles. The molecule has 0 aromatic carbocycles. The van der Waals surface area contributed by atoms with Gasteiger partial charge in [-0.1, -0.05) is 33.8 Å². The summed E-state index contributed by atoms with van der Waals surface area (Å²) in [6.45, 7) is 10.2. The molecular weight excluding hydrogens is 570 g/mol. The van der Waals surface area contributed by atoms with Crippen molar-refractivity contribution in [1.29, 1.82) is 0 Å². The average molecular weight is 616 g/mol. The molecule has 1 N–H and O–H groups in total. The minimum Gasteiger partial charge on any atom is -0.466 e. The summed E-state index contributed by atoms with van der Waals surface area (Å²) in [5.74, 6) is -4.96. The number of ether oxygens (including phenoxy) is 4. The zero-order valence-corrected chi connectivity index (χ0v) is 27.1. The van der Waals surface area contributed by atoms with E-state index in [4.69, 9.17) is 18.9 Å². The topological polar surface area (TPSA) is 146 Å². The van der Waals surface area contributed by atoms with Gasteiger partial charge in [-0.3, -0.25) is 14.4 Å². The molecule has 11 nitrogen and oxygen atoms in total. The molecule has 242 valence electrons. The minimum absolute atomic E-state index is 0.00383. The fraction of sp³-hybridized carbons (Fsp3) is 0.667. The van der Waals surface area contributed by atoms with E-state index in [0.29, 0.717) is 29.7 Å². The van der Waals surface area contributed by atoms with Crippen molar-refractivity contribution < 1.29 is 48.0 Å². The lowest BCUT2D eigenvalue weighted by Crippen LogP contribution is -2.59. The molecule has 0 bridgehead atoms. The number of esters is 3. The number of nitrogens with zero attached hydrogens (tertiary/aromatic N) is 1. The molecule has 1 aliphatic heterocycles. The Morgan fingerprint density at radius 3 is 2.36 bits per heavy atom. The third-order valence-corrected chi connectivity index (χ3v) is 10.3. The highest BCUT2D eigenvalue weighted by atomic mass is 16.5. The van der Waals surface area contributed by atoms with Gasteiger partial charge in [0.05, 0.1) is 37.0 Å². The normalized spacial score (nSPS) is 33.7. The van der Waals surface area contributed by atoms with Crippen LogP contribution in [0.5, 0.6) is 0 Å². The lowest BCUT2D eigenvalue weighted by molar-refractivity contribution is -0.161. The van der Waals surface area contributed by atoms with Crippen molar-refractivity contribution in [2.45, 2.75) is 79.1 Å². The average Bonchev–Trinajstić information content (AvgIpc) is 3.25. The molecular formula is C33H45NO10. The number of ketones is 2. The smallest absolute Gasteiger partial charge is 0.336 e. The molecule has 7 atom stereocenters. The van der Waals surface area contributed by atoms with Gasteiger partial charge in [0.1, 0.15) is 12.7 Å². The molecule has 44 heavy (non-hydrogen) atoms. The van der Waals surface area contributed by atoms with Crippen molar-refractivity contribution in [1.82, 2.24) is 4.90 Å². The Balaban J connectivity index is 1.96. The first kappa shape index (κ1) is 33.6. The first-order valence-corrected chi connectivity index (χ1v) is 15.1. The van der Waals surface area contributed by atoms with E-state index >= 15 is 0 Å². The molecule has 0 spiro atoms. The van der Waals surface area contributed by atoms with Gasteiger partial charge in [0.15, 0.2) is 0 Å². The number of hydrogen-bond donors (Lipinski definition) is 1. The van der Waals surface area contributed by atoms with Gasteiger partial charge >= 0.3 is 17.9 Å². The van der Waals surface area contributed by atoms with Crippen molar-refractivity contribution in [2.75, 3.05) is 34.5 Å². The molecule has 0 radical (unpaired) electrons. The summed E-state index contributed by atoms with van der Waals surface area (Å²) in [4.78, 5) is 68.5. The SMILES string of the molecule is COCC(=C1C(=O)OCC2(C)C3=C(C(=O)C(=O)C12)C1CCC(O)C1(C)CC3OC(C)=O)N(C)C(C=C(C)C(=O)OC)C(C)C. The van der Waals surface area contributed by atoms with Crippen molar-refractivity contribution >= 4 is 29.5 Å². The number of carbonyl (C=O) groups is 5. The number of fused-ring (bicyclic) bond motifs is 4. The highest BCUT2D eigenvalue weighted by molar-refractivity contribution is 6.47. The van der Waals surface area contributed by atoms with Crippen molar-refractivity contribution in [3.8, 4) is 0 Å². The second-order valence-corrected chi connectivity index (χ2v) is 13.4. The number of likely N-dealkylation sites (N-methyl/N-ethyl adjacent to an activating group) is 1. The molecule has 11 heteroatoms. The maximum Gasteiger partial charge on any atom is 0.336 e. The number of aliphatic hydroxyl groups is 1. The highest BCUT2D eigenvalue weighted by Crippen LogP contribution is 2.62. The Hall–Kier alpha value is -3.31. The van der Waals surface area contributed by atoms with E-state index in [1.807, 2.05) is 20.8 Å². The van der Waals surface area contributed by atoms with Crippen LogP contribution in [0.2, 0.25) is 0 Å². The standard InChI is InChI=1S/C33H45NO10/c1-16(2)20(12-17(3)30(39)42-9)34(7)21(14-41-8)25-27-29(38)28(37)24-19-10-11-23(36)32(19,5)13-22(44-18(4)35)26(24)33(27,6)15-43-31(25)40/h12,16,19-20,22-23,27,36H,10-11,13-15H2,1-9H3. The van der Waals surface area contributed by atoms with Crippen LogP contribution >= 0.6 is 0 Å². The molecule has 0 aromatic heterocycles. The van der Waals surface area contributed by atoms with Crippen molar-refractivity contribution in [3.63, 3.8) is 0 Å². The highest BCUT2D eigenvalue weighted by Gasteiger charge is 2.65. The first-order chi connectivity index (χ1) is 20.5. The van der Waals surface area contributed by atoms with E-state index in [9.17, 15) is 29.1 Å². The fourth-order valence-electron chi connectivity index (χ4n) is 8.03. The Labute approximate surface area is 258 Å². The van der Waals surface area contributed by atoms with Crippen LogP contribution in [-0.4, -0.2) is 92.2 Å². The summed E-state index contributed by atoms with van der Waals surface area (Å²) >= 11 is 0. The molecule has 4 rings (SSSR count). The number of aliphatic hydroxyl groups excluding tert-OH is 1. The summed E-state index contributed by atoms with van der Waals surface area (Å²) in [7, 11) is 4.49. The molecule has 0 amide bonds. The number of allylic oxidation sites excluding steroid dienone is 1. The van der Waals surface area contributed by atoms with E-state index < -0.39 is 70.4 Å². The van der Waals surface area contributed by atoms with E-state index in [-0.39, 0.29) is 36.7 Å². The van der Waals surface area contributed by atoms with Crippen LogP contribution in [0.4, 0.5) is 0 Å². The summed E-state index contributed by atoms with van der Waals surface area (Å²) in [5.41, 5.74) is -0.494. The van der Waals surface area contributed by atoms with E-state index in [0.717, 1.165) is 0 Å². The minimum atomic E-state index is -1.23. The van der Waals surface area contributed by atoms with Gasteiger partial charge in [0, 0.05) is 49.1 Å². The van der Waals surface area contributed by atoms with Gasteiger partial charge in [-0.25, -0.2) is 9.59 Å². The third-order valence-electron chi connectivity index (χ3n) is 10.3. The number of cyclic esters (lactones) is 1. The maximum atomic E-state index is 14.3. The van der Waals surface area contributed by atoms with Crippen molar-refractivity contribution in [3.05, 3.63) is 34.1 Å². The van der Waals surface area contributed by atoms with Crippen LogP contribution in [-0.2, 0) is 42.9 Å². The Kier molecular flexibility index (Phi) is 9.34. The van der Waals surface area contributed by atoms with E-state index in [1.54, 1.807) is 31.9 Å². The Morgan fingerprint density at radius 2 is 1.80 bits per heavy atom. The molecule has 4 aliphatic rings.